The van der Waals surface area contributed by atoms with Gasteiger partial charge in [0.15, 0.2) is 11.5 Å². The van der Waals surface area contributed by atoms with Gasteiger partial charge in [0.2, 0.25) is 0 Å². The normalized spacial score (nSPS) is 15.5. The number of alkyl halides is 1. The van der Waals surface area contributed by atoms with Crippen LogP contribution in [0.5, 0.6) is 11.5 Å². The lowest BCUT2D eigenvalue weighted by Gasteiger charge is -2.14. The van der Waals surface area contributed by atoms with Crippen molar-refractivity contribution < 1.29 is 9.47 Å². The van der Waals surface area contributed by atoms with Crippen LogP contribution in [0.3, 0.4) is 0 Å². The number of halogens is 2. The van der Waals surface area contributed by atoms with E-state index in [4.69, 9.17) is 21.1 Å². The minimum absolute atomic E-state index is 0.177. The van der Waals surface area contributed by atoms with E-state index < -0.39 is 0 Å². The molecule has 1 aliphatic heterocycles. The largest absolute Gasteiger partial charge is 0.490 e. The molecule has 0 N–H and O–H groups in total. The van der Waals surface area contributed by atoms with Gasteiger partial charge in [0.05, 0.1) is 18.6 Å². The molecular weight excluding hydrogens is 387 g/mol. The first-order chi connectivity index (χ1) is 9.74. The van der Waals surface area contributed by atoms with Crippen LogP contribution in [-0.4, -0.2) is 13.2 Å². The van der Waals surface area contributed by atoms with Crippen molar-refractivity contribution in [3.05, 3.63) is 57.2 Å². The Hall–Kier alpha value is -0.940. The van der Waals surface area contributed by atoms with Crippen LogP contribution in [-0.2, 0) is 0 Å². The fourth-order valence-corrected chi connectivity index (χ4v) is 2.80. The van der Waals surface area contributed by atoms with Crippen LogP contribution < -0.4 is 9.47 Å². The molecule has 0 saturated carbocycles. The van der Waals surface area contributed by atoms with Crippen molar-refractivity contribution in [3.63, 3.8) is 0 Å². The highest BCUT2D eigenvalue weighted by atomic mass is 127. The smallest absolute Gasteiger partial charge is 0.161 e. The molecule has 0 bridgehead atoms. The van der Waals surface area contributed by atoms with Gasteiger partial charge >= 0.3 is 0 Å². The summed E-state index contributed by atoms with van der Waals surface area (Å²) in [5.74, 6) is 1.59. The lowest BCUT2D eigenvalue weighted by Crippen LogP contribution is -1.97. The topological polar surface area (TPSA) is 18.5 Å². The summed E-state index contributed by atoms with van der Waals surface area (Å²) < 4.78 is 12.5. The molecule has 0 saturated heterocycles. The first-order valence-electron chi connectivity index (χ1n) is 6.53. The second kappa shape index (κ2) is 6.22. The number of benzene rings is 2. The molecular formula is C16H14ClIO2. The van der Waals surface area contributed by atoms with Gasteiger partial charge in [-0.2, -0.15) is 0 Å². The third kappa shape index (κ3) is 3.04. The Balaban J connectivity index is 1.90. The van der Waals surface area contributed by atoms with Gasteiger partial charge in [-0.1, -0.05) is 18.2 Å². The summed E-state index contributed by atoms with van der Waals surface area (Å²) in [5, 5.41) is -0.177. The molecule has 0 aromatic heterocycles. The standard InChI is InChI=1S/C16H14ClIO2/c17-16(11-2-5-13(18)6-3-11)12-4-7-14-15(10-12)20-9-1-8-19-14/h2-7,10,16H,1,8-9H2. The number of hydrogen-bond acceptors (Lipinski definition) is 2. The van der Waals surface area contributed by atoms with Crippen LogP contribution in [0.15, 0.2) is 42.5 Å². The quantitative estimate of drug-likeness (QED) is 0.533. The average Bonchev–Trinajstić information content (AvgIpc) is 2.71. The van der Waals surface area contributed by atoms with Crippen molar-refractivity contribution in [1.82, 2.24) is 0 Å². The van der Waals surface area contributed by atoms with Gasteiger partial charge in [-0.05, 0) is 58.0 Å². The molecule has 20 heavy (non-hydrogen) atoms. The third-order valence-corrected chi connectivity index (χ3v) is 4.45. The summed E-state index contributed by atoms with van der Waals surface area (Å²) in [6.45, 7) is 1.39. The molecule has 1 aliphatic rings. The molecule has 4 heteroatoms. The SMILES string of the molecule is ClC(c1ccc(I)cc1)c1ccc2c(c1)OCCCO2. The van der Waals surface area contributed by atoms with Crippen LogP contribution in [0.4, 0.5) is 0 Å². The molecule has 1 unspecified atom stereocenters. The summed E-state index contributed by atoms with van der Waals surface area (Å²) in [6.07, 6.45) is 0.908. The molecule has 2 aromatic carbocycles. The van der Waals surface area contributed by atoms with Crippen LogP contribution >= 0.6 is 34.2 Å². The molecule has 104 valence electrons. The highest BCUT2D eigenvalue weighted by Crippen LogP contribution is 2.36. The molecule has 0 fully saturated rings. The summed E-state index contributed by atoms with van der Waals surface area (Å²) >= 11 is 8.86. The average molecular weight is 401 g/mol. The van der Waals surface area contributed by atoms with Gasteiger partial charge in [0, 0.05) is 9.99 Å². The van der Waals surface area contributed by atoms with Gasteiger partial charge in [-0.15, -0.1) is 11.6 Å². The van der Waals surface area contributed by atoms with Crippen molar-refractivity contribution in [1.29, 1.82) is 0 Å². The second-order valence-electron chi connectivity index (χ2n) is 4.67. The summed E-state index contributed by atoms with van der Waals surface area (Å²) in [4.78, 5) is 0. The molecule has 0 radical (unpaired) electrons. The maximum Gasteiger partial charge on any atom is 0.161 e. The fourth-order valence-electron chi connectivity index (χ4n) is 2.16. The summed E-state index contributed by atoms with van der Waals surface area (Å²) in [6, 6.07) is 14.2. The Labute approximate surface area is 137 Å². The van der Waals surface area contributed by atoms with Crippen molar-refractivity contribution in [3.8, 4) is 11.5 Å². The Bertz CT molecular complexity index is 598. The van der Waals surface area contributed by atoms with E-state index in [1.165, 1.54) is 3.57 Å². The van der Waals surface area contributed by atoms with E-state index >= 15 is 0 Å². The molecule has 2 aromatic rings. The van der Waals surface area contributed by atoms with Gasteiger partial charge < -0.3 is 9.47 Å². The minimum atomic E-state index is -0.177. The lowest BCUT2D eigenvalue weighted by molar-refractivity contribution is 0.297. The monoisotopic (exact) mass is 400 g/mol. The van der Waals surface area contributed by atoms with Crippen LogP contribution in [0.1, 0.15) is 22.9 Å². The van der Waals surface area contributed by atoms with Crippen molar-refractivity contribution in [2.24, 2.45) is 0 Å². The second-order valence-corrected chi connectivity index (χ2v) is 6.35. The third-order valence-electron chi connectivity index (χ3n) is 3.23. The predicted octanol–water partition coefficient (Wildman–Crippen LogP) is 4.78. The number of rotatable bonds is 2. The van der Waals surface area contributed by atoms with Crippen LogP contribution in [0.25, 0.3) is 0 Å². The molecule has 1 heterocycles. The molecule has 0 amide bonds. The van der Waals surface area contributed by atoms with E-state index in [1.54, 1.807) is 0 Å². The lowest BCUT2D eigenvalue weighted by atomic mass is 10.0. The summed E-state index contributed by atoms with van der Waals surface area (Å²) in [7, 11) is 0. The van der Waals surface area contributed by atoms with E-state index in [2.05, 4.69) is 46.9 Å². The van der Waals surface area contributed by atoms with Crippen molar-refractivity contribution in [2.75, 3.05) is 13.2 Å². The summed E-state index contributed by atoms with van der Waals surface area (Å²) in [5.41, 5.74) is 2.11. The zero-order valence-electron chi connectivity index (χ0n) is 10.8. The molecule has 0 spiro atoms. The van der Waals surface area contributed by atoms with E-state index in [1.807, 2.05) is 18.2 Å². The van der Waals surface area contributed by atoms with E-state index in [0.717, 1.165) is 29.0 Å². The number of fused-ring (bicyclic) bond motifs is 1. The number of hydrogen-bond donors (Lipinski definition) is 0. The van der Waals surface area contributed by atoms with Crippen LogP contribution in [0.2, 0.25) is 0 Å². The first-order valence-corrected chi connectivity index (χ1v) is 8.04. The zero-order valence-corrected chi connectivity index (χ0v) is 13.7. The Morgan fingerprint density at radius 1 is 0.900 bits per heavy atom. The van der Waals surface area contributed by atoms with Gasteiger partial charge in [-0.25, -0.2) is 0 Å². The van der Waals surface area contributed by atoms with Crippen molar-refractivity contribution >= 4 is 34.2 Å². The van der Waals surface area contributed by atoms with Gasteiger partial charge in [-0.3, -0.25) is 0 Å². The van der Waals surface area contributed by atoms with Crippen LogP contribution in [0, 0.1) is 3.57 Å². The van der Waals surface area contributed by atoms with E-state index in [-0.39, 0.29) is 5.38 Å². The van der Waals surface area contributed by atoms with Gasteiger partial charge in [0.25, 0.3) is 0 Å². The fraction of sp³-hybridized carbons (Fsp3) is 0.250. The zero-order chi connectivity index (χ0) is 13.9. The van der Waals surface area contributed by atoms with Crippen molar-refractivity contribution in [2.45, 2.75) is 11.8 Å². The van der Waals surface area contributed by atoms with E-state index in [9.17, 15) is 0 Å². The minimum Gasteiger partial charge on any atom is -0.490 e. The Morgan fingerprint density at radius 2 is 1.55 bits per heavy atom. The molecule has 0 aliphatic carbocycles. The Morgan fingerprint density at radius 3 is 2.30 bits per heavy atom. The molecule has 1 atom stereocenters. The predicted molar refractivity (Wildman–Crippen MR) is 88.9 cm³/mol. The Kier molecular flexibility index (Phi) is 4.36. The van der Waals surface area contributed by atoms with E-state index in [0.29, 0.717) is 13.2 Å². The molecule has 3 rings (SSSR count). The highest BCUT2D eigenvalue weighted by Gasteiger charge is 2.16. The maximum atomic E-state index is 6.57. The first kappa shape index (κ1) is 14.0. The highest BCUT2D eigenvalue weighted by molar-refractivity contribution is 14.1. The van der Waals surface area contributed by atoms with Gasteiger partial charge in [0.1, 0.15) is 0 Å². The maximum absolute atomic E-state index is 6.57. The number of ether oxygens (including phenoxy) is 2. The molecule has 2 nitrogen and oxygen atoms in total.